The van der Waals surface area contributed by atoms with E-state index in [1.165, 1.54) is 11.1 Å². The molecule has 1 amide bonds. The lowest BCUT2D eigenvalue weighted by Gasteiger charge is -2.35. The summed E-state index contributed by atoms with van der Waals surface area (Å²) in [5.74, 6) is 0.0688. The van der Waals surface area contributed by atoms with Crippen LogP contribution in [0.4, 0.5) is 0 Å². The van der Waals surface area contributed by atoms with Gasteiger partial charge in [0.05, 0.1) is 19.3 Å². The molecule has 1 fully saturated rings. The van der Waals surface area contributed by atoms with Gasteiger partial charge in [0.25, 0.3) is 5.91 Å². The minimum atomic E-state index is -0.0118. The fourth-order valence-corrected chi connectivity index (χ4v) is 2.46. The van der Waals surface area contributed by atoms with Gasteiger partial charge < -0.3 is 15.4 Å². The highest BCUT2D eigenvalue weighted by Crippen LogP contribution is 2.20. The summed E-state index contributed by atoms with van der Waals surface area (Å²) in [6.45, 7) is 8.31. The van der Waals surface area contributed by atoms with Crippen molar-refractivity contribution in [3.05, 3.63) is 34.4 Å². The average Bonchev–Trinajstić information content (AvgIpc) is 2.44. The highest BCUT2D eigenvalue weighted by atomic mass is 16.5. The van der Waals surface area contributed by atoms with Gasteiger partial charge in [-0.1, -0.05) is 6.07 Å². The predicted octanol–water partition coefficient (Wildman–Crippen LogP) is 1.41. The summed E-state index contributed by atoms with van der Waals surface area (Å²) in [4.78, 5) is 14.5. The summed E-state index contributed by atoms with van der Waals surface area (Å²) in [6.07, 6.45) is 0. The van der Waals surface area contributed by atoms with Gasteiger partial charge in [-0.2, -0.15) is 0 Å². The number of carbonyl (C=O) groups excluding carboxylic acids is 1. The molecule has 1 saturated heterocycles. The first-order valence-electron chi connectivity index (χ1n) is 6.71. The van der Waals surface area contributed by atoms with Gasteiger partial charge in [-0.15, -0.1) is 0 Å². The molecule has 19 heavy (non-hydrogen) atoms. The molecule has 1 unspecified atom stereocenters. The normalized spacial score (nSPS) is 19.6. The highest BCUT2D eigenvalue weighted by molar-refractivity contribution is 5.96. The van der Waals surface area contributed by atoms with Crippen molar-refractivity contribution in [2.45, 2.75) is 26.8 Å². The van der Waals surface area contributed by atoms with Gasteiger partial charge in [-0.3, -0.25) is 4.79 Å². The first kappa shape index (κ1) is 14.0. The zero-order valence-corrected chi connectivity index (χ0v) is 11.9. The molecule has 0 radical (unpaired) electrons. The summed E-state index contributed by atoms with van der Waals surface area (Å²) in [5, 5.41) is 0. The van der Waals surface area contributed by atoms with E-state index in [9.17, 15) is 4.79 Å². The van der Waals surface area contributed by atoms with E-state index >= 15 is 0 Å². The number of morpholine rings is 1. The average molecular weight is 262 g/mol. The van der Waals surface area contributed by atoms with Gasteiger partial charge in [0.2, 0.25) is 0 Å². The highest BCUT2D eigenvalue weighted by Gasteiger charge is 2.28. The van der Waals surface area contributed by atoms with Crippen molar-refractivity contribution in [2.75, 3.05) is 26.3 Å². The lowest BCUT2D eigenvalue weighted by molar-refractivity contribution is 0.000794. The fourth-order valence-electron chi connectivity index (χ4n) is 2.46. The van der Waals surface area contributed by atoms with Crippen molar-refractivity contribution in [1.29, 1.82) is 0 Å². The van der Waals surface area contributed by atoms with E-state index in [2.05, 4.69) is 13.8 Å². The Balaban J connectivity index is 2.31. The van der Waals surface area contributed by atoms with Crippen molar-refractivity contribution in [2.24, 2.45) is 5.73 Å². The summed E-state index contributed by atoms with van der Waals surface area (Å²) in [5.41, 5.74) is 9.97. The molecule has 1 aliphatic rings. The minimum absolute atomic E-state index is 0.0118. The Morgan fingerprint density at radius 3 is 2.79 bits per heavy atom. The molecular weight excluding hydrogens is 240 g/mol. The summed E-state index contributed by atoms with van der Waals surface area (Å²) >= 11 is 0. The lowest BCUT2D eigenvalue weighted by Crippen LogP contribution is -2.52. The summed E-state index contributed by atoms with van der Waals surface area (Å²) in [7, 11) is 0. The Hall–Kier alpha value is -1.39. The molecule has 1 aromatic carbocycles. The second-order valence-corrected chi connectivity index (χ2v) is 5.14. The molecule has 0 bridgehead atoms. The van der Waals surface area contributed by atoms with Crippen molar-refractivity contribution in [1.82, 2.24) is 4.90 Å². The first-order valence-corrected chi connectivity index (χ1v) is 6.71. The monoisotopic (exact) mass is 262 g/mol. The molecule has 0 saturated carbocycles. The zero-order chi connectivity index (χ0) is 14.0. The van der Waals surface area contributed by atoms with Crippen LogP contribution in [0.15, 0.2) is 12.1 Å². The summed E-state index contributed by atoms with van der Waals surface area (Å²) in [6, 6.07) is 3.92. The minimum Gasteiger partial charge on any atom is -0.377 e. The molecule has 0 aliphatic carbocycles. The van der Waals surface area contributed by atoms with E-state index in [1.54, 1.807) is 0 Å². The maximum atomic E-state index is 12.7. The number of hydrogen-bond donors (Lipinski definition) is 1. The molecule has 1 heterocycles. The Labute approximate surface area is 114 Å². The largest absolute Gasteiger partial charge is 0.377 e. The molecule has 1 atom stereocenters. The lowest BCUT2D eigenvalue weighted by atomic mass is 9.97. The maximum absolute atomic E-state index is 12.7. The molecule has 0 aromatic heterocycles. The van der Waals surface area contributed by atoms with Crippen LogP contribution >= 0.6 is 0 Å². The van der Waals surface area contributed by atoms with Gasteiger partial charge in [-0.25, -0.2) is 0 Å². The molecular formula is C15H22N2O2. The van der Waals surface area contributed by atoms with Crippen molar-refractivity contribution in [3.63, 3.8) is 0 Å². The van der Waals surface area contributed by atoms with Crippen LogP contribution in [-0.2, 0) is 4.74 Å². The number of carbonyl (C=O) groups is 1. The van der Waals surface area contributed by atoms with Crippen LogP contribution in [0.2, 0.25) is 0 Å². The summed E-state index contributed by atoms with van der Waals surface area (Å²) < 4.78 is 5.39. The van der Waals surface area contributed by atoms with E-state index < -0.39 is 0 Å². The van der Waals surface area contributed by atoms with Gasteiger partial charge in [0, 0.05) is 18.7 Å². The number of ether oxygens (including phenoxy) is 1. The third kappa shape index (κ3) is 2.65. The van der Waals surface area contributed by atoms with Crippen molar-refractivity contribution < 1.29 is 9.53 Å². The van der Waals surface area contributed by atoms with E-state index in [-0.39, 0.29) is 11.9 Å². The number of nitrogens with zero attached hydrogens (tertiary/aromatic N) is 1. The molecule has 1 aromatic rings. The van der Waals surface area contributed by atoms with Gasteiger partial charge in [0.1, 0.15) is 0 Å². The third-order valence-corrected chi connectivity index (χ3v) is 4.05. The van der Waals surface area contributed by atoms with Crippen LogP contribution in [0.3, 0.4) is 0 Å². The van der Waals surface area contributed by atoms with Crippen LogP contribution in [-0.4, -0.2) is 43.2 Å². The topological polar surface area (TPSA) is 55.6 Å². The SMILES string of the molecule is Cc1ccc(C(=O)N2CCOCC2CN)c(C)c1C. The van der Waals surface area contributed by atoms with E-state index in [0.29, 0.717) is 26.3 Å². The third-order valence-electron chi connectivity index (χ3n) is 4.05. The van der Waals surface area contributed by atoms with Crippen molar-refractivity contribution >= 4 is 5.91 Å². The number of benzene rings is 1. The predicted molar refractivity (Wildman–Crippen MR) is 75.4 cm³/mol. The van der Waals surface area contributed by atoms with E-state index in [0.717, 1.165) is 11.1 Å². The van der Waals surface area contributed by atoms with Gasteiger partial charge in [-0.05, 0) is 43.5 Å². The smallest absolute Gasteiger partial charge is 0.254 e. The Kier molecular flexibility index (Phi) is 4.22. The maximum Gasteiger partial charge on any atom is 0.254 e. The number of rotatable bonds is 2. The fraction of sp³-hybridized carbons (Fsp3) is 0.533. The number of amides is 1. The van der Waals surface area contributed by atoms with Crippen molar-refractivity contribution in [3.8, 4) is 0 Å². The number of hydrogen-bond acceptors (Lipinski definition) is 3. The van der Waals surface area contributed by atoms with Crippen LogP contribution in [0.5, 0.6) is 0 Å². The second-order valence-electron chi connectivity index (χ2n) is 5.14. The standard InChI is InChI=1S/C15H22N2O2/c1-10-4-5-14(12(3)11(10)2)15(18)17-6-7-19-9-13(17)8-16/h4-5,13H,6-9,16H2,1-3H3. The van der Waals surface area contributed by atoms with Crippen LogP contribution in [0.25, 0.3) is 0 Å². The molecule has 2 rings (SSSR count). The molecule has 104 valence electrons. The molecule has 1 aliphatic heterocycles. The van der Waals surface area contributed by atoms with Gasteiger partial charge in [0.15, 0.2) is 0 Å². The van der Waals surface area contributed by atoms with E-state index in [4.69, 9.17) is 10.5 Å². The second kappa shape index (κ2) is 5.72. The molecule has 2 N–H and O–H groups in total. The first-order chi connectivity index (χ1) is 9.06. The Bertz CT molecular complexity index is 485. The van der Waals surface area contributed by atoms with Crippen LogP contribution < -0.4 is 5.73 Å². The zero-order valence-electron chi connectivity index (χ0n) is 11.9. The number of aryl methyl sites for hydroxylation is 1. The number of nitrogens with two attached hydrogens (primary N) is 1. The Morgan fingerprint density at radius 1 is 1.37 bits per heavy atom. The van der Waals surface area contributed by atoms with Gasteiger partial charge >= 0.3 is 0 Å². The molecule has 4 heteroatoms. The molecule has 4 nitrogen and oxygen atoms in total. The van der Waals surface area contributed by atoms with Crippen LogP contribution in [0, 0.1) is 20.8 Å². The molecule has 0 spiro atoms. The van der Waals surface area contributed by atoms with E-state index in [1.807, 2.05) is 24.0 Å². The quantitative estimate of drug-likeness (QED) is 0.877. The van der Waals surface area contributed by atoms with Crippen LogP contribution in [0.1, 0.15) is 27.0 Å². The Morgan fingerprint density at radius 2 is 2.11 bits per heavy atom.